The van der Waals surface area contributed by atoms with Crippen LogP contribution >= 0.6 is 0 Å². The molecule has 4 nitrogen and oxygen atoms in total. The number of rotatable bonds is 4. The molecule has 1 aliphatic rings. The van der Waals surface area contributed by atoms with Gasteiger partial charge < -0.3 is 16.2 Å². The molecule has 0 heterocycles. The third-order valence-corrected chi connectivity index (χ3v) is 4.38. The molecule has 0 atom stereocenters. The number of hydrogen-bond acceptors (Lipinski definition) is 3. The van der Waals surface area contributed by atoms with Crippen molar-refractivity contribution in [3.63, 3.8) is 0 Å². The molecule has 1 amide bonds. The summed E-state index contributed by atoms with van der Waals surface area (Å²) in [6.07, 6.45) is 6.12. The van der Waals surface area contributed by atoms with E-state index in [9.17, 15) is 9.90 Å². The summed E-state index contributed by atoms with van der Waals surface area (Å²) >= 11 is 0. The highest BCUT2D eigenvalue weighted by Gasteiger charge is 2.32. The van der Waals surface area contributed by atoms with E-state index in [1.165, 1.54) is 6.42 Å². The average Bonchev–Trinajstić information content (AvgIpc) is 2.44. The van der Waals surface area contributed by atoms with Gasteiger partial charge in [0.2, 0.25) is 5.91 Å². The van der Waals surface area contributed by atoms with Crippen molar-refractivity contribution in [3.8, 4) is 5.75 Å². The standard InChI is InChI=1S/C16H24N2O2/c1-12-5-6-13(9-14(12)19)18-15(20)10-16(11-17)7-3-2-4-8-16/h5-6,9,19H,2-4,7-8,10-11,17H2,1H3,(H,18,20). The van der Waals surface area contributed by atoms with Gasteiger partial charge in [-0.15, -0.1) is 0 Å². The zero-order chi connectivity index (χ0) is 14.6. The highest BCUT2D eigenvalue weighted by atomic mass is 16.3. The summed E-state index contributed by atoms with van der Waals surface area (Å²) in [6, 6.07) is 5.19. The van der Waals surface area contributed by atoms with Gasteiger partial charge in [-0.05, 0) is 43.4 Å². The summed E-state index contributed by atoms with van der Waals surface area (Å²) in [5.74, 6) is 0.189. The van der Waals surface area contributed by atoms with E-state index in [2.05, 4.69) is 5.32 Å². The molecule has 0 bridgehead atoms. The molecule has 110 valence electrons. The van der Waals surface area contributed by atoms with Crippen molar-refractivity contribution < 1.29 is 9.90 Å². The minimum atomic E-state index is -0.0327. The quantitative estimate of drug-likeness (QED) is 0.791. The molecule has 4 N–H and O–H groups in total. The first-order chi connectivity index (χ1) is 9.54. The highest BCUT2D eigenvalue weighted by molar-refractivity contribution is 5.91. The van der Waals surface area contributed by atoms with Gasteiger partial charge in [-0.2, -0.15) is 0 Å². The smallest absolute Gasteiger partial charge is 0.224 e. The van der Waals surface area contributed by atoms with Crippen LogP contribution < -0.4 is 11.1 Å². The summed E-state index contributed by atoms with van der Waals surface area (Å²) in [7, 11) is 0. The van der Waals surface area contributed by atoms with E-state index >= 15 is 0 Å². The molecule has 0 unspecified atom stereocenters. The van der Waals surface area contributed by atoms with Gasteiger partial charge in [-0.25, -0.2) is 0 Å². The Kier molecular flexibility index (Phi) is 4.65. The van der Waals surface area contributed by atoms with Gasteiger partial charge in [0.25, 0.3) is 0 Å². The van der Waals surface area contributed by atoms with Crippen LogP contribution in [0.15, 0.2) is 18.2 Å². The predicted octanol–water partition coefficient (Wildman–Crippen LogP) is 2.94. The van der Waals surface area contributed by atoms with E-state index in [1.807, 2.05) is 13.0 Å². The minimum absolute atomic E-state index is 0.0133. The molecule has 20 heavy (non-hydrogen) atoms. The summed E-state index contributed by atoms with van der Waals surface area (Å²) in [6.45, 7) is 2.39. The molecule has 0 spiro atoms. The van der Waals surface area contributed by atoms with E-state index < -0.39 is 0 Å². The lowest BCUT2D eigenvalue weighted by Gasteiger charge is -2.35. The number of phenolic OH excluding ortho intramolecular Hbond substituents is 1. The SMILES string of the molecule is Cc1ccc(NC(=O)CC2(CN)CCCCC2)cc1O. The van der Waals surface area contributed by atoms with Gasteiger partial charge in [0.1, 0.15) is 5.75 Å². The number of hydrogen-bond donors (Lipinski definition) is 3. The predicted molar refractivity (Wildman–Crippen MR) is 80.7 cm³/mol. The molecular weight excluding hydrogens is 252 g/mol. The average molecular weight is 276 g/mol. The molecule has 0 aliphatic heterocycles. The monoisotopic (exact) mass is 276 g/mol. The Labute approximate surface area is 120 Å². The van der Waals surface area contributed by atoms with Crippen LogP contribution in [0.2, 0.25) is 0 Å². The number of phenols is 1. The number of nitrogens with one attached hydrogen (secondary N) is 1. The number of amides is 1. The van der Waals surface area contributed by atoms with Gasteiger partial charge in [0.05, 0.1) is 0 Å². The number of carbonyl (C=O) groups excluding carboxylic acids is 1. The van der Waals surface area contributed by atoms with Gasteiger partial charge in [0.15, 0.2) is 0 Å². The number of anilines is 1. The molecule has 1 saturated carbocycles. The summed E-state index contributed by atoms with van der Waals surface area (Å²) in [5.41, 5.74) is 7.31. The zero-order valence-electron chi connectivity index (χ0n) is 12.1. The maximum atomic E-state index is 12.2. The molecule has 0 aromatic heterocycles. The molecule has 0 saturated heterocycles. The van der Waals surface area contributed by atoms with Gasteiger partial charge in [0, 0.05) is 18.2 Å². The topological polar surface area (TPSA) is 75.4 Å². The van der Waals surface area contributed by atoms with Gasteiger partial charge in [-0.3, -0.25) is 4.79 Å². The maximum Gasteiger partial charge on any atom is 0.224 e. The lowest BCUT2D eigenvalue weighted by Crippen LogP contribution is -2.36. The molecule has 0 radical (unpaired) electrons. The van der Waals surface area contributed by atoms with Crippen molar-refractivity contribution >= 4 is 11.6 Å². The molecule has 1 aromatic rings. The van der Waals surface area contributed by atoms with Crippen molar-refractivity contribution in [1.29, 1.82) is 0 Å². The molecular formula is C16H24N2O2. The first kappa shape index (κ1) is 14.9. The van der Waals surface area contributed by atoms with Crippen LogP contribution in [-0.2, 0) is 4.79 Å². The van der Waals surface area contributed by atoms with Crippen LogP contribution in [0, 0.1) is 12.3 Å². The van der Waals surface area contributed by atoms with Crippen LogP contribution in [0.25, 0.3) is 0 Å². The number of aromatic hydroxyl groups is 1. The van der Waals surface area contributed by atoms with E-state index in [1.54, 1.807) is 12.1 Å². The van der Waals surface area contributed by atoms with Crippen molar-refractivity contribution in [2.24, 2.45) is 11.1 Å². The number of carbonyl (C=O) groups is 1. The van der Waals surface area contributed by atoms with Crippen LogP contribution in [0.3, 0.4) is 0 Å². The first-order valence-corrected chi connectivity index (χ1v) is 7.34. The number of benzene rings is 1. The summed E-state index contributed by atoms with van der Waals surface area (Å²) in [4.78, 5) is 12.2. The fourth-order valence-corrected chi connectivity index (χ4v) is 2.99. The molecule has 4 heteroatoms. The lowest BCUT2D eigenvalue weighted by atomic mass is 9.71. The van der Waals surface area contributed by atoms with Crippen molar-refractivity contribution in [2.75, 3.05) is 11.9 Å². The van der Waals surface area contributed by atoms with Crippen LogP contribution in [0.5, 0.6) is 5.75 Å². The Morgan fingerprint density at radius 2 is 2.05 bits per heavy atom. The minimum Gasteiger partial charge on any atom is -0.508 e. The molecule has 1 aliphatic carbocycles. The second kappa shape index (κ2) is 6.27. The second-order valence-corrected chi connectivity index (χ2v) is 5.99. The fourth-order valence-electron chi connectivity index (χ4n) is 2.99. The van der Waals surface area contributed by atoms with E-state index in [4.69, 9.17) is 5.73 Å². The van der Waals surface area contributed by atoms with Gasteiger partial charge in [-0.1, -0.05) is 25.3 Å². The van der Waals surface area contributed by atoms with E-state index in [-0.39, 0.29) is 17.1 Å². The first-order valence-electron chi connectivity index (χ1n) is 7.34. The Balaban J connectivity index is 1.98. The Hall–Kier alpha value is -1.55. The largest absolute Gasteiger partial charge is 0.508 e. The maximum absolute atomic E-state index is 12.2. The van der Waals surface area contributed by atoms with Crippen LogP contribution in [0.1, 0.15) is 44.1 Å². The van der Waals surface area contributed by atoms with Crippen molar-refractivity contribution in [3.05, 3.63) is 23.8 Å². The fraction of sp³-hybridized carbons (Fsp3) is 0.562. The Morgan fingerprint density at radius 1 is 1.35 bits per heavy atom. The van der Waals surface area contributed by atoms with Crippen molar-refractivity contribution in [2.45, 2.75) is 45.4 Å². The molecule has 1 aromatic carbocycles. The molecule has 2 rings (SSSR count). The number of aryl methyl sites for hydroxylation is 1. The van der Waals surface area contributed by atoms with E-state index in [0.29, 0.717) is 18.7 Å². The lowest BCUT2D eigenvalue weighted by molar-refractivity contribution is -0.118. The highest BCUT2D eigenvalue weighted by Crippen LogP contribution is 2.38. The second-order valence-electron chi connectivity index (χ2n) is 5.99. The third kappa shape index (κ3) is 3.51. The van der Waals surface area contributed by atoms with Crippen LogP contribution in [0.4, 0.5) is 5.69 Å². The number of nitrogens with two attached hydrogens (primary N) is 1. The molecule has 1 fully saturated rings. The third-order valence-electron chi connectivity index (χ3n) is 4.38. The Bertz CT molecular complexity index is 479. The van der Waals surface area contributed by atoms with Crippen molar-refractivity contribution in [1.82, 2.24) is 0 Å². The summed E-state index contributed by atoms with van der Waals surface area (Å²) in [5, 5.41) is 12.5. The van der Waals surface area contributed by atoms with E-state index in [0.717, 1.165) is 31.2 Å². The Morgan fingerprint density at radius 3 is 2.65 bits per heavy atom. The normalized spacial score (nSPS) is 17.7. The zero-order valence-corrected chi connectivity index (χ0v) is 12.1. The van der Waals surface area contributed by atoms with Gasteiger partial charge >= 0.3 is 0 Å². The summed E-state index contributed by atoms with van der Waals surface area (Å²) < 4.78 is 0. The van der Waals surface area contributed by atoms with Crippen LogP contribution in [-0.4, -0.2) is 17.6 Å².